The number of hydrogen-bond donors (Lipinski definition) is 2. The Hall–Kier alpha value is -2.82. The van der Waals surface area contributed by atoms with Gasteiger partial charge in [0.15, 0.2) is 11.5 Å². The van der Waals surface area contributed by atoms with E-state index in [4.69, 9.17) is 14.2 Å². The van der Waals surface area contributed by atoms with Crippen LogP contribution < -0.4 is 25.0 Å². The van der Waals surface area contributed by atoms with Crippen LogP contribution >= 0.6 is 22.6 Å². The number of halogens is 1. The van der Waals surface area contributed by atoms with Crippen LogP contribution in [0.3, 0.4) is 0 Å². The predicted molar refractivity (Wildman–Crippen MR) is 132 cm³/mol. The maximum Gasteiger partial charge on any atom is 0.251 e. The average Bonchev–Trinajstić information content (AvgIpc) is 2.76. The number of nitrogens with zero attached hydrogens (tertiary/aromatic N) is 1. The Labute approximate surface area is 201 Å². The first-order valence-electron chi connectivity index (χ1n) is 10.2. The van der Waals surface area contributed by atoms with Crippen LogP contribution in [-0.2, 0) is 4.79 Å². The highest BCUT2D eigenvalue weighted by molar-refractivity contribution is 14.1. The van der Waals surface area contributed by atoms with Gasteiger partial charge >= 0.3 is 0 Å². The summed E-state index contributed by atoms with van der Waals surface area (Å²) in [6, 6.07) is 10.4. The van der Waals surface area contributed by atoms with E-state index in [9.17, 15) is 9.59 Å². The largest absolute Gasteiger partial charge is 0.497 e. The van der Waals surface area contributed by atoms with Gasteiger partial charge in [-0.05, 0) is 85.3 Å². The molecule has 2 aromatic rings. The van der Waals surface area contributed by atoms with Crippen LogP contribution in [0.15, 0.2) is 41.5 Å². The van der Waals surface area contributed by atoms with E-state index in [0.29, 0.717) is 29.4 Å². The molecule has 0 aliphatic rings. The number of nitrogens with one attached hydrogen (secondary N) is 2. The van der Waals surface area contributed by atoms with Crippen LogP contribution in [0.5, 0.6) is 17.2 Å². The summed E-state index contributed by atoms with van der Waals surface area (Å²) in [4.78, 5) is 24.1. The molecule has 172 valence electrons. The molecule has 0 saturated heterocycles. The Morgan fingerprint density at radius 1 is 1.19 bits per heavy atom. The molecule has 9 heteroatoms. The fraction of sp³-hybridized carbons (Fsp3) is 0.348. The summed E-state index contributed by atoms with van der Waals surface area (Å²) in [5.74, 6) is 1.42. The number of amides is 2. The Balaban J connectivity index is 1.86. The lowest BCUT2D eigenvalue weighted by atomic mass is 10.2. The minimum absolute atomic E-state index is 0.0201. The summed E-state index contributed by atoms with van der Waals surface area (Å²) < 4.78 is 17.5. The summed E-state index contributed by atoms with van der Waals surface area (Å²) in [6.45, 7) is 6.51. The van der Waals surface area contributed by atoms with Gasteiger partial charge in [0.2, 0.25) is 5.91 Å². The highest BCUT2D eigenvalue weighted by Gasteiger charge is 2.13. The molecule has 0 atom stereocenters. The molecule has 2 N–H and O–H groups in total. The summed E-state index contributed by atoms with van der Waals surface area (Å²) in [5, 5.41) is 6.70. The number of rotatable bonds is 11. The topological polar surface area (TPSA) is 98.2 Å². The molecule has 0 aliphatic heterocycles. The molecule has 0 unspecified atom stereocenters. The van der Waals surface area contributed by atoms with Crippen molar-refractivity contribution >= 4 is 40.6 Å². The van der Waals surface area contributed by atoms with Gasteiger partial charge in [0.1, 0.15) is 5.75 Å². The van der Waals surface area contributed by atoms with Gasteiger partial charge in [-0.15, -0.1) is 0 Å². The van der Waals surface area contributed by atoms with Crippen molar-refractivity contribution in [3.63, 3.8) is 0 Å². The lowest BCUT2D eigenvalue weighted by Gasteiger charge is -2.16. The van der Waals surface area contributed by atoms with Crippen LogP contribution in [-0.4, -0.2) is 44.4 Å². The molecule has 2 aromatic carbocycles. The first-order chi connectivity index (χ1) is 15.3. The molecule has 8 nitrogen and oxygen atoms in total. The SMILES string of the molecule is CCOc1cc(C=NNC(=O)CCNC(=O)c2ccc(OC)cc2)cc(I)c1OC(C)C. The summed E-state index contributed by atoms with van der Waals surface area (Å²) in [7, 11) is 1.56. The maximum absolute atomic E-state index is 12.1. The van der Waals surface area contributed by atoms with E-state index >= 15 is 0 Å². The molecule has 2 rings (SSSR count). The van der Waals surface area contributed by atoms with Gasteiger partial charge in [0.05, 0.1) is 29.6 Å². The molecule has 0 radical (unpaired) electrons. The molecule has 0 saturated carbocycles. The van der Waals surface area contributed by atoms with E-state index in [1.807, 2.05) is 32.9 Å². The van der Waals surface area contributed by atoms with Crippen LogP contribution in [0.1, 0.15) is 43.1 Å². The van der Waals surface area contributed by atoms with E-state index in [0.717, 1.165) is 9.13 Å². The Morgan fingerprint density at radius 3 is 2.53 bits per heavy atom. The summed E-state index contributed by atoms with van der Waals surface area (Å²) in [6.07, 6.45) is 1.66. The molecule has 0 aromatic heterocycles. The van der Waals surface area contributed by atoms with Gasteiger partial charge < -0.3 is 19.5 Å². The first-order valence-corrected chi connectivity index (χ1v) is 11.3. The molecular formula is C23H28IN3O5. The monoisotopic (exact) mass is 553 g/mol. The van der Waals surface area contributed by atoms with E-state index < -0.39 is 0 Å². The van der Waals surface area contributed by atoms with E-state index in [-0.39, 0.29) is 30.9 Å². The zero-order valence-corrected chi connectivity index (χ0v) is 20.8. The Bertz CT molecular complexity index is 945. The number of benzene rings is 2. The number of carbonyl (C=O) groups excluding carboxylic acids is 2. The van der Waals surface area contributed by atoms with Gasteiger partial charge in [-0.25, -0.2) is 5.43 Å². The third kappa shape index (κ3) is 8.03. The average molecular weight is 553 g/mol. The van der Waals surface area contributed by atoms with Crippen molar-refractivity contribution in [3.8, 4) is 17.2 Å². The van der Waals surface area contributed by atoms with Crippen molar-refractivity contribution in [1.29, 1.82) is 0 Å². The lowest BCUT2D eigenvalue weighted by Crippen LogP contribution is -2.29. The number of methoxy groups -OCH3 is 1. The second kappa shape index (κ2) is 12.9. The molecule has 0 fully saturated rings. The second-order valence-electron chi connectivity index (χ2n) is 6.96. The molecule has 32 heavy (non-hydrogen) atoms. The maximum atomic E-state index is 12.1. The van der Waals surface area contributed by atoms with Crippen molar-refractivity contribution in [2.45, 2.75) is 33.3 Å². The van der Waals surface area contributed by atoms with Crippen LogP contribution in [0.2, 0.25) is 0 Å². The molecule has 2 amide bonds. The molecule has 0 aliphatic carbocycles. The number of hydrazone groups is 1. The molecular weight excluding hydrogens is 525 g/mol. The Morgan fingerprint density at radius 2 is 1.91 bits per heavy atom. The van der Waals surface area contributed by atoms with Gasteiger partial charge in [-0.3, -0.25) is 9.59 Å². The van der Waals surface area contributed by atoms with Gasteiger partial charge in [0.25, 0.3) is 5.91 Å². The zero-order valence-electron chi connectivity index (χ0n) is 18.6. The zero-order chi connectivity index (χ0) is 23.5. The Kier molecular flexibility index (Phi) is 10.3. The van der Waals surface area contributed by atoms with Gasteiger partial charge in [-0.2, -0.15) is 5.10 Å². The van der Waals surface area contributed by atoms with Crippen molar-refractivity contribution in [3.05, 3.63) is 51.1 Å². The first kappa shape index (κ1) is 25.4. The third-order valence-electron chi connectivity index (χ3n) is 4.08. The molecule has 0 bridgehead atoms. The van der Waals surface area contributed by atoms with Crippen molar-refractivity contribution in [2.75, 3.05) is 20.3 Å². The lowest BCUT2D eigenvalue weighted by molar-refractivity contribution is -0.120. The molecule has 0 spiro atoms. The second-order valence-corrected chi connectivity index (χ2v) is 8.12. The molecule has 0 heterocycles. The summed E-state index contributed by atoms with van der Waals surface area (Å²) in [5.41, 5.74) is 3.73. The van der Waals surface area contributed by atoms with Crippen molar-refractivity contribution in [1.82, 2.24) is 10.7 Å². The van der Waals surface area contributed by atoms with Gasteiger partial charge in [-0.1, -0.05) is 0 Å². The minimum atomic E-state index is -0.309. The smallest absolute Gasteiger partial charge is 0.251 e. The van der Waals surface area contributed by atoms with Gasteiger partial charge in [0, 0.05) is 18.5 Å². The number of hydrogen-bond acceptors (Lipinski definition) is 6. The summed E-state index contributed by atoms with van der Waals surface area (Å²) >= 11 is 2.18. The fourth-order valence-electron chi connectivity index (χ4n) is 2.64. The van der Waals surface area contributed by atoms with Crippen LogP contribution in [0.4, 0.5) is 0 Å². The van der Waals surface area contributed by atoms with E-state index in [2.05, 4.69) is 38.4 Å². The predicted octanol–water partition coefficient (Wildman–Crippen LogP) is 3.76. The highest BCUT2D eigenvalue weighted by atomic mass is 127. The van der Waals surface area contributed by atoms with Crippen LogP contribution in [0, 0.1) is 3.57 Å². The van der Waals surface area contributed by atoms with Crippen LogP contribution in [0.25, 0.3) is 0 Å². The van der Waals surface area contributed by atoms with E-state index in [1.54, 1.807) is 31.4 Å². The normalized spacial score (nSPS) is 10.8. The highest BCUT2D eigenvalue weighted by Crippen LogP contribution is 2.34. The van der Waals surface area contributed by atoms with Crippen molar-refractivity contribution in [2.24, 2.45) is 5.10 Å². The standard InChI is InChI=1S/C23H28IN3O5/c1-5-31-20-13-16(12-19(24)22(20)32-15(2)3)14-26-27-21(28)10-11-25-23(29)17-6-8-18(30-4)9-7-17/h6-9,12-15H,5,10-11H2,1-4H3,(H,25,29)(H,27,28). The number of carbonyl (C=O) groups is 2. The number of ether oxygens (including phenoxy) is 3. The minimum Gasteiger partial charge on any atom is -0.497 e. The fourth-order valence-corrected chi connectivity index (χ4v) is 3.40. The van der Waals surface area contributed by atoms with Crippen molar-refractivity contribution < 1.29 is 23.8 Å². The quantitative estimate of drug-likeness (QED) is 0.251. The van der Waals surface area contributed by atoms with E-state index in [1.165, 1.54) is 6.21 Å². The third-order valence-corrected chi connectivity index (χ3v) is 4.88.